The van der Waals surface area contributed by atoms with Crippen molar-refractivity contribution < 1.29 is 56.4 Å². The minimum Gasteiger partial charge on any atom is -0.475 e. The topological polar surface area (TPSA) is 258 Å². The van der Waals surface area contributed by atoms with E-state index >= 15 is 0 Å². The third-order valence-corrected chi connectivity index (χ3v) is 5.67. The number of rotatable bonds is 10. The van der Waals surface area contributed by atoms with Gasteiger partial charge in [-0.15, -0.1) is 10.2 Å². The lowest BCUT2D eigenvalue weighted by molar-refractivity contribution is 0.0673. The number of anilines is 4. The van der Waals surface area contributed by atoms with E-state index in [1.165, 1.54) is 24.3 Å². The number of aromatic nitrogens is 6. The van der Waals surface area contributed by atoms with Gasteiger partial charge in [0.15, 0.2) is 0 Å². The molecule has 4 amide bonds. The maximum atomic E-state index is 14.8. The molecule has 18 nitrogen and oxygen atoms in total. The summed E-state index contributed by atoms with van der Waals surface area (Å²) in [7, 11) is 0. The van der Waals surface area contributed by atoms with Crippen LogP contribution in [0.4, 0.5) is 50.4 Å². The lowest BCUT2D eigenvalue weighted by Crippen LogP contribution is -2.20. The summed E-state index contributed by atoms with van der Waals surface area (Å²) >= 11 is 0. The average Bonchev–Trinajstić information content (AvgIpc) is 3.72. The fourth-order valence-corrected chi connectivity index (χ4v) is 3.57. The molecule has 48 heavy (non-hydrogen) atoms. The van der Waals surface area contributed by atoms with Crippen LogP contribution in [0.15, 0.2) is 48.5 Å². The highest BCUT2D eigenvalue weighted by atomic mass is 19.2. The van der Waals surface area contributed by atoms with Gasteiger partial charge in [-0.3, -0.25) is 20.8 Å². The molecule has 246 valence electrons. The minimum absolute atomic E-state index is 0.113. The fraction of sp³-hybridized carbons (Fsp3) is 0. The van der Waals surface area contributed by atoms with E-state index in [1.54, 1.807) is 0 Å². The first kappa shape index (κ1) is 32.1. The summed E-state index contributed by atoms with van der Waals surface area (Å²) in [6.45, 7) is 0. The third kappa shape index (κ3) is 7.33. The molecular formula is C26H16F4N10O8. The van der Waals surface area contributed by atoms with Crippen LogP contribution in [0.2, 0.25) is 0 Å². The van der Waals surface area contributed by atoms with Gasteiger partial charge >= 0.3 is 24.0 Å². The van der Waals surface area contributed by atoms with Gasteiger partial charge in [-0.2, -0.15) is 27.5 Å². The first-order valence-electron chi connectivity index (χ1n) is 12.8. The second kappa shape index (κ2) is 13.4. The van der Waals surface area contributed by atoms with Gasteiger partial charge in [-0.25, -0.2) is 19.2 Å². The lowest BCUT2D eigenvalue weighted by atomic mass is 10.2. The molecule has 0 bridgehead atoms. The van der Waals surface area contributed by atoms with Crippen LogP contribution >= 0.6 is 0 Å². The second-order valence-electron chi connectivity index (χ2n) is 8.95. The van der Waals surface area contributed by atoms with E-state index in [9.17, 15) is 36.7 Å². The fourth-order valence-electron chi connectivity index (χ4n) is 3.57. The Hall–Kier alpha value is -7.26. The van der Waals surface area contributed by atoms with Crippen LogP contribution in [0.25, 0.3) is 0 Å². The summed E-state index contributed by atoms with van der Waals surface area (Å²) in [6, 6.07) is 7.51. The number of aromatic amines is 2. The van der Waals surface area contributed by atoms with Crippen molar-refractivity contribution in [3.8, 4) is 23.0 Å². The Morgan fingerprint density at radius 1 is 0.562 bits per heavy atom. The summed E-state index contributed by atoms with van der Waals surface area (Å²) < 4.78 is 69.4. The van der Waals surface area contributed by atoms with E-state index in [-0.39, 0.29) is 34.8 Å². The van der Waals surface area contributed by atoms with Crippen LogP contribution < -0.4 is 30.7 Å². The number of amides is 4. The number of benzene rings is 3. The SMILES string of the molecule is O=C(Nc1ccc(Oc2c(F)c(F)c(Oc3ccc(NC(=O)Nc4n[nH]c(C(=O)O)n4)cc3)c(F)c2F)cc1)Nc1n[nH]c(C(=O)O)n1. The number of carboxylic acid groups (broad SMARTS) is 2. The molecule has 22 heteroatoms. The molecule has 0 radical (unpaired) electrons. The smallest absolute Gasteiger partial charge is 0.373 e. The van der Waals surface area contributed by atoms with Crippen LogP contribution in [0.1, 0.15) is 21.2 Å². The first-order valence-corrected chi connectivity index (χ1v) is 12.8. The highest BCUT2D eigenvalue weighted by Crippen LogP contribution is 2.39. The van der Waals surface area contributed by atoms with Crippen molar-refractivity contribution in [1.82, 2.24) is 30.4 Å². The number of hydrogen-bond acceptors (Lipinski definition) is 10. The number of nitrogens with one attached hydrogen (secondary N) is 6. The molecule has 0 saturated carbocycles. The van der Waals surface area contributed by atoms with E-state index in [0.717, 1.165) is 24.3 Å². The highest BCUT2D eigenvalue weighted by molar-refractivity contribution is 5.99. The van der Waals surface area contributed by atoms with Crippen molar-refractivity contribution in [2.45, 2.75) is 0 Å². The van der Waals surface area contributed by atoms with Gasteiger partial charge in [0, 0.05) is 11.4 Å². The second-order valence-corrected chi connectivity index (χ2v) is 8.95. The molecule has 5 rings (SSSR count). The van der Waals surface area contributed by atoms with E-state index in [1.807, 2.05) is 0 Å². The summed E-state index contributed by atoms with van der Waals surface area (Å²) in [5.74, 6) is -15.7. The van der Waals surface area contributed by atoms with E-state index < -0.39 is 70.4 Å². The predicted octanol–water partition coefficient (Wildman–Crippen LogP) is 4.75. The van der Waals surface area contributed by atoms with Crippen LogP contribution in [-0.4, -0.2) is 64.6 Å². The van der Waals surface area contributed by atoms with Gasteiger partial charge in [0.2, 0.25) is 46.4 Å². The maximum Gasteiger partial charge on any atom is 0.373 e. The van der Waals surface area contributed by atoms with Gasteiger partial charge in [-0.05, 0) is 48.5 Å². The number of aromatic carboxylic acids is 2. The standard InChI is InChI=1S/C26H16F4N10O8/c27-13-15(29)18(48-12-7-3-10(4-8-12)32-26(46)36-24-34-20(22(43)44)38-40-24)16(30)14(28)17(13)47-11-5-1-9(2-6-11)31-25(45)35-23-33-19(21(41)42)37-39-23/h1-8H,(H,41,42)(H,43,44)(H3,31,33,35,37,39,45)(H3,32,34,36,38,40,46). The average molecular weight is 672 g/mol. The summed E-state index contributed by atoms with van der Waals surface area (Å²) in [6.07, 6.45) is 0. The first-order chi connectivity index (χ1) is 22.9. The van der Waals surface area contributed by atoms with Gasteiger partial charge in [0.25, 0.3) is 11.9 Å². The summed E-state index contributed by atoms with van der Waals surface area (Å²) in [5, 5.41) is 37.8. The minimum atomic E-state index is -1.93. The Morgan fingerprint density at radius 3 is 1.19 bits per heavy atom. The van der Waals surface area contributed by atoms with Gasteiger partial charge in [0.1, 0.15) is 11.5 Å². The number of carboxylic acids is 2. The number of urea groups is 2. The third-order valence-electron chi connectivity index (χ3n) is 5.67. The van der Waals surface area contributed by atoms with Gasteiger partial charge in [-0.1, -0.05) is 0 Å². The molecule has 0 spiro atoms. The quantitative estimate of drug-likeness (QED) is 0.0739. The molecule has 2 heterocycles. The van der Waals surface area contributed by atoms with Crippen LogP contribution in [-0.2, 0) is 0 Å². The number of hydrogen-bond donors (Lipinski definition) is 8. The van der Waals surface area contributed by atoms with Gasteiger partial charge < -0.3 is 30.3 Å². The van der Waals surface area contributed by atoms with Crippen molar-refractivity contribution in [1.29, 1.82) is 0 Å². The lowest BCUT2D eigenvalue weighted by Gasteiger charge is -2.14. The Morgan fingerprint density at radius 2 is 0.896 bits per heavy atom. The zero-order chi connectivity index (χ0) is 34.5. The maximum absolute atomic E-state index is 14.8. The molecule has 0 aliphatic carbocycles. The Kier molecular flexibility index (Phi) is 8.97. The van der Waals surface area contributed by atoms with Gasteiger partial charge in [0.05, 0.1) is 0 Å². The molecule has 0 fully saturated rings. The van der Waals surface area contributed by atoms with Crippen molar-refractivity contribution in [3.63, 3.8) is 0 Å². The molecule has 0 aliphatic rings. The number of carbonyl (C=O) groups is 4. The zero-order valence-electron chi connectivity index (χ0n) is 23.3. The van der Waals surface area contributed by atoms with Crippen molar-refractivity contribution >= 4 is 47.3 Å². The zero-order valence-corrected chi connectivity index (χ0v) is 23.3. The number of H-pyrrole nitrogens is 2. The van der Waals surface area contributed by atoms with E-state index in [2.05, 4.69) is 51.6 Å². The van der Waals surface area contributed by atoms with Crippen LogP contribution in [0, 0.1) is 23.3 Å². The molecule has 0 atom stereocenters. The normalized spacial score (nSPS) is 10.6. The molecule has 0 saturated heterocycles. The molecule has 8 N–H and O–H groups in total. The van der Waals surface area contributed by atoms with Crippen molar-refractivity contribution in [3.05, 3.63) is 83.4 Å². The van der Waals surface area contributed by atoms with E-state index in [4.69, 9.17) is 19.7 Å². The summed E-state index contributed by atoms with van der Waals surface area (Å²) in [4.78, 5) is 52.8. The molecule has 3 aromatic carbocycles. The monoisotopic (exact) mass is 672 g/mol. The largest absolute Gasteiger partial charge is 0.475 e. The van der Waals surface area contributed by atoms with Crippen LogP contribution in [0.3, 0.4) is 0 Å². The number of halogens is 4. The molecule has 5 aromatic rings. The Bertz CT molecular complexity index is 1860. The van der Waals surface area contributed by atoms with Crippen molar-refractivity contribution in [2.24, 2.45) is 0 Å². The van der Waals surface area contributed by atoms with Crippen molar-refractivity contribution in [2.75, 3.05) is 21.3 Å². The molecule has 0 unspecified atom stereocenters. The molecular weight excluding hydrogens is 656 g/mol. The number of carbonyl (C=O) groups excluding carboxylic acids is 2. The van der Waals surface area contributed by atoms with Crippen LogP contribution in [0.5, 0.6) is 23.0 Å². The predicted molar refractivity (Wildman–Crippen MR) is 151 cm³/mol. The van der Waals surface area contributed by atoms with E-state index in [0.29, 0.717) is 0 Å². The highest BCUT2D eigenvalue weighted by Gasteiger charge is 2.29. The number of ether oxygens (including phenoxy) is 2. The molecule has 0 aliphatic heterocycles. The summed E-state index contributed by atoms with van der Waals surface area (Å²) in [5.41, 5.74) is 0.225. The Balaban J connectivity index is 1.20. The number of nitrogens with zero attached hydrogens (tertiary/aromatic N) is 4. The molecule has 2 aromatic heterocycles. The Labute approximate surface area is 262 Å².